The highest BCUT2D eigenvalue weighted by Gasteiger charge is 2.34. The average molecular weight is 252 g/mol. The molecule has 1 fully saturated rings. The van der Waals surface area contributed by atoms with E-state index in [4.69, 9.17) is 0 Å². The van der Waals surface area contributed by atoms with Crippen molar-refractivity contribution in [3.8, 4) is 0 Å². The van der Waals surface area contributed by atoms with Gasteiger partial charge < -0.3 is 5.11 Å². The third-order valence-corrected chi connectivity index (χ3v) is 4.99. The van der Waals surface area contributed by atoms with Crippen LogP contribution in [0.15, 0.2) is 16.8 Å². The molecule has 0 radical (unpaired) electrons. The normalized spacial score (nSPS) is 29.8. The zero-order valence-electron chi connectivity index (χ0n) is 11.0. The summed E-state index contributed by atoms with van der Waals surface area (Å²) in [5.41, 5.74) is 0.991. The van der Waals surface area contributed by atoms with E-state index in [1.165, 1.54) is 18.4 Å². The summed E-state index contributed by atoms with van der Waals surface area (Å²) in [6.07, 6.45) is 6.48. The quantitative estimate of drug-likeness (QED) is 0.849. The number of rotatable bonds is 4. The third-order valence-electron chi connectivity index (χ3n) is 4.26. The standard InChI is InChI=1S/C15H24OS/c1-12(2)14-4-3-7-15(16,10-14)8-5-13-6-9-17-11-13/h6,9,11-12,14,16H,3-5,7-8,10H2,1-2H3. The summed E-state index contributed by atoms with van der Waals surface area (Å²) in [6, 6.07) is 2.18. The van der Waals surface area contributed by atoms with Gasteiger partial charge in [0.1, 0.15) is 0 Å². The maximum absolute atomic E-state index is 10.7. The van der Waals surface area contributed by atoms with Crippen molar-refractivity contribution in [1.82, 2.24) is 0 Å². The van der Waals surface area contributed by atoms with Crippen LogP contribution < -0.4 is 0 Å². The lowest BCUT2D eigenvalue weighted by Gasteiger charge is -2.38. The van der Waals surface area contributed by atoms with Crippen molar-refractivity contribution < 1.29 is 5.11 Å². The number of aliphatic hydroxyl groups is 1. The van der Waals surface area contributed by atoms with Gasteiger partial charge in [-0.15, -0.1) is 0 Å². The topological polar surface area (TPSA) is 20.2 Å². The predicted molar refractivity (Wildman–Crippen MR) is 74.4 cm³/mol. The van der Waals surface area contributed by atoms with E-state index in [1.54, 1.807) is 11.3 Å². The van der Waals surface area contributed by atoms with Gasteiger partial charge in [-0.05, 0) is 66.3 Å². The summed E-state index contributed by atoms with van der Waals surface area (Å²) in [4.78, 5) is 0. The summed E-state index contributed by atoms with van der Waals surface area (Å²) in [6.45, 7) is 4.57. The highest BCUT2D eigenvalue weighted by atomic mass is 32.1. The second kappa shape index (κ2) is 5.53. The fourth-order valence-electron chi connectivity index (χ4n) is 2.99. The Bertz CT molecular complexity index is 331. The van der Waals surface area contributed by atoms with Crippen LogP contribution in [0.4, 0.5) is 0 Å². The van der Waals surface area contributed by atoms with Crippen molar-refractivity contribution in [3.05, 3.63) is 22.4 Å². The molecule has 1 N–H and O–H groups in total. The molecule has 1 nitrogen and oxygen atoms in total. The lowest BCUT2D eigenvalue weighted by molar-refractivity contribution is -0.0308. The van der Waals surface area contributed by atoms with Crippen molar-refractivity contribution in [2.45, 2.75) is 58.0 Å². The zero-order chi connectivity index (χ0) is 12.3. The fraction of sp³-hybridized carbons (Fsp3) is 0.733. The van der Waals surface area contributed by atoms with Crippen LogP contribution in [-0.4, -0.2) is 10.7 Å². The van der Waals surface area contributed by atoms with Gasteiger partial charge in [0, 0.05) is 0 Å². The smallest absolute Gasteiger partial charge is 0.0653 e. The molecule has 0 saturated heterocycles. The van der Waals surface area contributed by atoms with Crippen LogP contribution in [0.2, 0.25) is 0 Å². The molecule has 0 spiro atoms. The molecule has 2 heteroatoms. The average Bonchev–Trinajstić information content (AvgIpc) is 2.79. The Hall–Kier alpha value is -0.340. The molecule has 1 heterocycles. The van der Waals surface area contributed by atoms with Gasteiger partial charge in [0.25, 0.3) is 0 Å². The molecule has 2 atom stereocenters. The molecule has 1 aliphatic carbocycles. The minimum Gasteiger partial charge on any atom is -0.390 e. The van der Waals surface area contributed by atoms with E-state index in [0.29, 0.717) is 5.92 Å². The summed E-state index contributed by atoms with van der Waals surface area (Å²) < 4.78 is 0. The monoisotopic (exact) mass is 252 g/mol. The lowest BCUT2D eigenvalue weighted by Crippen LogP contribution is -2.37. The Kier molecular flexibility index (Phi) is 4.26. The molecular formula is C15H24OS. The maximum Gasteiger partial charge on any atom is 0.0653 e. The van der Waals surface area contributed by atoms with E-state index in [2.05, 4.69) is 30.7 Å². The third kappa shape index (κ3) is 3.56. The highest BCUT2D eigenvalue weighted by Crippen LogP contribution is 2.38. The van der Waals surface area contributed by atoms with Crippen molar-refractivity contribution >= 4 is 11.3 Å². The van der Waals surface area contributed by atoms with Crippen LogP contribution in [0.3, 0.4) is 0 Å². The molecule has 1 aliphatic rings. The highest BCUT2D eigenvalue weighted by molar-refractivity contribution is 7.07. The first kappa shape index (κ1) is 13.1. The van der Waals surface area contributed by atoms with Gasteiger partial charge in [0.2, 0.25) is 0 Å². The van der Waals surface area contributed by atoms with Crippen LogP contribution in [0, 0.1) is 11.8 Å². The van der Waals surface area contributed by atoms with E-state index in [1.807, 2.05) is 0 Å². The zero-order valence-corrected chi connectivity index (χ0v) is 11.8. The Morgan fingerprint density at radius 1 is 1.53 bits per heavy atom. The van der Waals surface area contributed by atoms with E-state index in [-0.39, 0.29) is 0 Å². The molecule has 0 bridgehead atoms. The number of thiophene rings is 1. The SMILES string of the molecule is CC(C)C1CCCC(O)(CCc2ccsc2)C1. The van der Waals surface area contributed by atoms with Crippen LogP contribution in [0.25, 0.3) is 0 Å². The fourth-order valence-corrected chi connectivity index (χ4v) is 3.70. The molecule has 1 aromatic heterocycles. The second-order valence-corrected chi connectivity index (χ2v) is 6.74. The van der Waals surface area contributed by atoms with Crippen molar-refractivity contribution in [3.63, 3.8) is 0 Å². The first-order valence-electron chi connectivity index (χ1n) is 6.82. The molecule has 0 aromatic carbocycles. The molecule has 1 aromatic rings. The van der Waals surface area contributed by atoms with Gasteiger partial charge in [-0.25, -0.2) is 0 Å². The summed E-state index contributed by atoms with van der Waals surface area (Å²) >= 11 is 1.75. The Labute approximate surface area is 109 Å². The summed E-state index contributed by atoms with van der Waals surface area (Å²) in [5.74, 6) is 1.43. The van der Waals surface area contributed by atoms with Crippen molar-refractivity contribution in [2.24, 2.45) is 11.8 Å². The summed E-state index contributed by atoms with van der Waals surface area (Å²) in [5, 5.41) is 15.0. The molecular weight excluding hydrogens is 228 g/mol. The van der Waals surface area contributed by atoms with Gasteiger partial charge in [0.15, 0.2) is 0 Å². The van der Waals surface area contributed by atoms with E-state index in [9.17, 15) is 5.11 Å². The lowest BCUT2D eigenvalue weighted by atomic mass is 9.72. The van der Waals surface area contributed by atoms with Gasteiger partial charge in [-0.3, -0.25) is 0 Å². The van der Waals surface area contributed by atoms with Gasteiger partial charge in [0.05, 0.1) is 5.60 Å². The number of aryl methyl sites for hydroxylation is 1. The first-order chi connectivity index (χ1) is 8.09. The Balaban J connectivity index is 1.89. The van der Waals surface area contributed by atoms with Crippen LogP contribution in [0.1, 0.15) is 51.5 Å². The molecule has 1 saturated carbocycles. The van der Waals surface area contributed by atoms with E-state index >= 15 is 0 Å². The first-order valence-corrected chi connectivity index (χ1v) is 7.77. The van der Waals surface area contributed by atoms with Gasteiger partial charge in [-0.1, -0.05) is 20.3 Å². The Morgan fingerprint density at radius 2 is 2.35 bits per heavy atom. The van der Waals surface area contributed by atoms with Crippen LogP contribution >= 0.6 is 11.3 Å². The molecule has 0 aliphatic heterocycles. The number of hydrogen-bond donors (Lipinski definition) is 1. The minimum atomic E-state index is -0.394. The molecule has 2 unspecified atom stereocenters. The molecule has 0 amide bonds. The van der Waals surface area contributed by atoms with Crippen LogP contribution in [0.5, 0.6) is 0 Å². The van der Waals surface area contributed by atoms with E-state index < -0.39 is 5.60 Å². The minimum absolute atomic E-state index is 0.394. The summed E-state index contributed by atoms with van der Waals surface area (Å²) in [7, 11) is 0. The van der Waals surface area contributed by atoms with Gasteiger partial charge >= 0.3 is 0 Å². The molecule has 96 valence electrons. The number of hydrogen-bond acceptors (Lipinski definition) is 2. The molecule has 2 rings (SSSR count). The molecule has 17 heavy (non-hydrogen) atoms. The largest absolute Gasteiger partial charge is 0.390 e. The van der Waals surface area contributed by atoms with Gasteiger partial charge in [-0.2, -0.15) is 11.3 Å². The Morgan fingerprint density at radius 3 is 3.00 bits per heavy atom. The predicted octanol–water partition coefficient (Wildman–Crippen LogP) is 4.26. The second-order valence-electron chi connectivity index (χ2n) is 5.96. The van der Waals surface area contributed by atoms with Crippen molar-refractivity contribution in [2.75, 3.05) is 0 Å². The van der Waals surface area contributed by atoms with Crippen LogP contribution in [-0.2, 0) is 6.42 Å². The van der Waals surface area contributed by atoms with E-state index in [0.717, 1.165) is 31.6 Å². The maximum atomic E-state index is 10.7. The van der Waals surface area contributed by atoms with Crippen molar-refractivity contribution in [1.29, 1.82) is 0 Å².